The first-order chi connectivity index (χ1) is 16.5. The highest BCUT2D eigenvalue weighted by Gasteiger charge is 2.35. The molecule has 4 heterocycles. The van der Waals surface area contributed by atoms with Crippen molar-refractivity contribution in [2.75, 3.05) is 6.61 Å². The number of aromatic amines is 1. The first-order valence-corrected chi connectivity index (χ1v) is 11.0. The van der Waals surface area contributed by atoms with Crippen LogP contribution in [0.1, 0.15) is 69.1 Å². The number of nitrogens with one attached hydrogen (secondary N) is 2. The Balaban J connectivity index is 1.49. The molecule has 35 heavy (non-hydrogen) atoms. The van der Waals surface area contributed by atoms with Gasteiger partial charge in [0.1, 0.15) is 17.3 Å². The first-order valence-electron chi connectivity index (χ1n) is 11.0. The van der Waals surface area contributed by atoms with Gasteiger partial charge < -0.3 is 19.9 Å². The van der Waals surface area contributed by atoms with Crippen LogP contribution >= 0.6 is 0 Å². The zero-order valence-corrected chi connectivity index (χ0v) is 19.7. The Hall–Kier alpha value is -3.96. The van der Waals surface area contributed by atoms with Crippen molar-refractivity contribution in [2.24, 2.45) is 0 Å². The highest BCUT2D eigenvalue weighted by atomic mass is 19.3. The molecule has 3 aromatic rings. The SMILES string of the molecule is Cc1nnc(CNC(=O)c2nccc3c2CN([C@H](C)c2cnc(OCC(C)(F)F)c(C)c2)C3=O)[nH]1. The molecule has 0 saturated heterocycles. The summed E-state index contributed by atoms with van der Waals surface area (Å²) < 4.78 is 31.4. The molecule has 0 unspecified atom stereocenters. The molecule has 1 atom stereocenters. The molecule has 0 saturated carbocycles. The summed E-state index contributed by atoms with van der Waals surface area (Å²) in [5.41, 5.74) is 2.39. The number of ether oxygens (including phenoxy) is 1. The van der Waals surface area contributed by atoms with Gasteiger partial charge in [-0.25, -0.2) is 13.8 Å². The number of carbonyl (C=O) groups excluding carboxylic acids is 2. The van der Waals surface area contributed by atoms with Crippen molar-refractivity contribution in [3.63, 3.8) is 0 Å². The van der Waals surface area contributed by atoms with Gasteiger partial charge in [0.15, 0.2) is 6.61 Å². The third kappa shape index (κ3) is 5.26. The third-order valence-electron chi connectivity index (χ3n) is 5.62. The minimum atomic E-state index is -2.97. The highest BCUT2D eigenvalue weighted by molar-refractivity contribution is 6.03. The van der Waals surface area contributed by atoms with Crippen molar-refractivity contribution in [3.8, 4) is 5.88 Å². The van der Waals surface area contributed by atoms with Gasteiger partial charge in [0.25, 0.3) is 17.7 Å². The Kier molecular flexibility index (Phi) is 6.46. The number of aryl methyl sites for hydroxylation is 2. The molecule has 2 amide bonds. The number of nitrogens with zero attached hydrogens (tertiary/aromatic N) is 5. The predicted octanol–water partition coefficient (Wildman–Crippen LogP) is 2.89. The average Bonchev–Trinajstić information content (AvgIpc) is 3.38. The van der Waals surface area contributed by atoms with Gasteiger partial charge in [0.2, 0.25) is 5.88 Å². The Morgan fingerprint density at radius 3 is 2.74 bits per heavy atom. The molecule has 0 bridgehead atoms. The summed E-state index contributed by atoms with van der Waals surface area (Å²) >= 11 is 0. The van der Waals surface area contributed by atoms with Crippen LogP contribution in [0.2, 0.25) is 0 Å². The van der Waals surface area contributed by atoms with E-state index in [0.29, 0.717) is 33.9 Å². The molecule has 0 spiro atoms. The average molecular weight is 485 g/mol. The number of alkyl halides is 2. The van der Waals surface area contributed by atoms with Crippen LogP contribution in [0.4, 0.5) is 8.78 Å². The minimum absolute atomic E-state index is 0.114. The van der Waals surface area contributed by atoms with Crippen molar-refractivity contribution >= 4 is 11.8 Å². The molecular formula is C23H25F2N7O3. The van der Waals surface area contributed by atoms with E-state index >= 15 is 0 Å². The van der Waals surface area contributed by atoms with Crippen molar-refractivity contribution < 1.29 is 23.1 Å². The molecule has 1 aliphatic rings. The molecule has 3 aromatic heterocycles. The molecular weight excluding hydrogens is 460 g/mol. The van der Waals surface area contributed by atoms with Crippen LogP contribution in [-0.4, -0.2) is 54.4 Å². The summed E-state index contributed by atoms with van der Waals surface area (Å²) in [4.78, 5) is 38.9. The Bertz CT molecular complexity index is 1270. The van der Waals surface area contributed by atoms with E-state index < -0.39 is 24.5 Å². The summed E-state index contributed by atoms with van der Waals surface area (Å²) in [5, 5.41) is 10.5. The number of halogens is 2. The van der Waals surface area contributed by atoms with E-state index in [0.717, 1.165) is 6.92 Å². The number of rotatable bonds is 8. The summed E-state index contributed by atoms with van der Waals surface area (Å²) in [6.45, 7) is 5.62. The summed E-state index contributed by atoms with van der Waals surface area (Å²) in [6.07, 6.45) is 2.93. The molecule has 4 rings (SSSR count). The molecule has 0 aromatic carbocycles. The van der Waals surface area contributed by atoms with Gasteiger partial charge in [-0.05, 0) is 38.5 Å². The summed E-state index contributed by atoms with van der Waals surface area (Å²) in [5.74, 6) is -2.38. The van der Waals surface area contributed by atoms with E-state index in [1.54, 1.807) is 30.9 Å². The Morgan fingerprint density at radius 1 is 1.31 bits per heavy atom. The van der Waals surface area contributed by atoms with E-state index in [1.165, 1.54) is 12.4 Å². The number of hydrogen-bond acceptors (Lipinski definition) is 7. The number of fused-ring (bicyclic) bond motifs is 1. The maximum atomic E-state index is 13.1. The van der Waals surface area contributed by atoms with Crippen molar-refractivity contribution in [3.05, 3.63) is 64.1 Å². The van der Waals surface area contributed by atoms with Crippen molar-refractivity contribution in [1.82, 2.24) is 35.4 Å². The zero-order valence-electron chi connectivity index (χ0n) is 19.7. The van der Waals surface area contributed by atoms with Gasteiger partial charge in [-0.3, -0.25) is 14.6 Å². The standard InChI is InChI=1S/C23H25F2N7O3/c1-12-7-15(8-28-21(12)35-11-23(4,24)25)13(2)32-10-17-16(22(32)34)5-6-26-19(17)20(33)27-9-18-29-14(3)30-31-18/h5-8,13H,9-11H2,1-4H3,(H,27,33)(H,29,30,31)/t13-/m1/s1. The molecule has 10 nitrogen and oxygen atoms in total. The fourth-order valence-corrected chi connectivity index (χ4v) is 3.82. The maximum absolute atomic E-state index is 13.1. The van der Waals surface area contributed by atoms with Gasteiger partial charge >= 0.3 is 0 Å². The number of aromatic nitrogens is 5. The van der Waals surface area contributed by atoms with Crippen LogP contribution < -0.4 is 10.1 Å². The number of pyridine rings is 2. The highest BCUT2D eigenvalue weighted by Crippen LogP contribution is 2.33. The van der Waals surface area contributed by atoms with Crippen LogP contribution in [0.5, 0.6) is 5.88 Å². The lowest BCUT2D eigenvalue weighted by Crippen LogP contribution is -2.28. The zero-order chi connectivity index (χ0) is 25.3. The summed E-state index contributed by atoms with van der Waals surface area (Å²) in [6, 6.07) is 2.95. The molecule has 12 heteroatoms. The van der Waals surface area contributed by atoms with Gasteiger partial charge in [-0.2, -0.15) is 0 Å². The molecule has 0 aliphatic carbocycles. The topological polar surface area (TPSA) is 126 Å². The maximum Gasteiger partial charge on any atom is 0.278 e. The van der Waals surface area contributed by atoms with Gasteiger partial charge in [0.05, 0.1) is 12.6 Å². The smallest absolute Gasteiger partial charge is 0.278 e. The van der Waals surface area contributed by atoms with Crippen LogP contribution in [0.25, 0.3) is 0 Å². The Labute approximate surface area is 200 Å². The largest absolute Gasteiger partial charge is 0.471 e. The molecule has 1 aliphatic heterocycles. The summed E-state index contributed by atoms with van der Waals surface area (Å²) in [7, 11) is 0. The van der Waals surface area contributed by atoms with E-state index in [2.05, 4.69) is 30.5 Å². The number of H-pyrrole nitrogens is 1. The predicted molar refractivity (Wildman–Crippen MR) is 120 cm³/mol. The number of hydrogen-bond donors (Lipinski definition) is 2. The Morgan fingerprint density at radius 2 is 2.09 bits per heavy atom. The third-order valence-corrected chi connectivity index (χ3v) is 5.62. The monoisotopic (exact) mass is 485 g/mol. The minimum Gasteiger partial charge on any atom is -0.471 e. The van der Waals surface area contributed by atoms with Crippen LogP contribution in [-0.2, 0) is 13.1 Å². The van der Waals surface area contributed by atoms with Crippen LogP contribution in [0.3, 0.4) is 0 Å². The van der Waals surface area contributed by atoms with E-state index in [-0.39, 0.29) is 30.6 Å². The molecule has 2 N–H and O–H groups in total. The number of carbonyl (C=O) groups is 2. The van der Waals surface area contributed by atoms with E-state index in [1.807, 2.05) is 6.92 Å². The number of amides is 2. The van der Waals surface area contributed by atoms with Crippen LogP contribution in [0, 0.1) is 13.8 Å². The lowest BCUT2D eigenvalue weighted by molar-refractivity contribution is -0.0244. The molecule has 184 valence electrons. The van der Waals surface area contributed by atoms with Gasteiger partial charge in [0, 0.05) is 42.6 Å². The fraction of sp³-hybridized carbons (Fsp3) is 0.391. The molecule has 0 fully saturated rings. The van der Waals surface area contributed by atoms with E-state index in [4.69, 9.17) is 4.74 Å². The quantitative estimate of drug-likeness (QED) is 0.502. The van der Waals surface area contributed by atoms with E-state index in [9.17, 15) is 18.4 Å². The lowest BCUT2D eigenvalue weighted by Gasteiger charge is -2.25. The lowest BCUT2D eigenvalue weighted by atomic mass is 10.1. The fourth-order valence-electron chi connectivity index (χ4n) is 3.82. The van der Waals surface area contributed by atoms with Crippen molar-refractivity contribution in [2.45, 2.75) is 52.7 Å². The second kappa shape index (κ2) is 9.35. The van der Waals surface area contributed by atoms with Gasteiger partial charge in [-0.15, -0.1) is 10.2 Å². The first kappa shape index (κ1) is 24.2. The van der Waals surface area contributed by atoms with Crippen LogP contribution in [0.15, 0.2) is 24.5 Å². The van der Waals surface area contributed by atoms with Gasteiger partial charge in [-0.1, -0.05) is 0 Å². The normalized spacial score (nSPS) is 14.1. The second-order valence-corrected chi connectivity index (χ2v) is 8.58. The second-order valence-electron chi connectivity index (χ2n) is 8.58. The molecule has 0 radical (unpaired) electrons. The van der Waals surface area contributed by atoms with Crippen molar-refractivity contribution in [1.29, 1.82) is 0 Å².